The van der Waals surface area contributed by atoms with E-state index < -0.39 is 0 Å². The van der Waals surface area contributed by atoms with E-state index in [1.54, 1.807) is 0 Å². The fraction of sp³-hybridized carbons (Fsp3) is 1.00. The van der Waals surface area contributed by atoms with Gasteiger partial charge in [-0.15, -0.1) is 0 Å². The molecule has 3 fully saturated rings. The molecule has 122 valence electrons. The molecule has 0 amide bonds. The summed E-state index contributed by atoms with van der Waals surface area (Å²) >= 11 is 0. The second-order valence-corrected chi connectivity index (χ2v) is 8.08. The van der Waals surface area contributed by atoms with Gasteiger partial charge in [-0.05, 0) is 55.8 Å². The van der Waals surface area contributed by atoms with Gasteiger partial charge in [0, 0.05) is 25.9 Å². The van der Waals surface area contributed by atoms with Gasteiger partial charge in [-0.2, -0.15) is 0 Å². The lowest BCUT2D eigenvalue weighted by Gasteiger charge is -2.47. The van der Waals surface area contributed by atoms with Gasteiger partial charge in [0.2, 0.25) is 0 Å². The molecule has 3 N–H and O–H groups in total. The van der Waals surface area contributed by atoms with Gasteiger partial charge in [0.05, 0.1) is 5.60 Å². The van der Waals surface area contributed by atoms with Gasteiger partial charge in [0.1, 0.15) is 0 Å². The fourth-order valence-corrected chi connectivity index (χ4v) is 5.06. The lowest BCUT2D eigenvalue weighted by Crippen LogP contribution is -2.54. The first-order valence-electron chi connectivity index (χ1n) is 8.74. The van der Waals surface area contributed by atoms with Crippen LogP contribution in [0.2, 0.25) is 0 Å². The minimum Gasteiger partial charge on any atom is -0.381 e. The molecule has 0 aromatic carbocycles. The van der Waals surface area contributed by atoms with Crippen LogP contribution in [0, 0.1) is 17.3 Å². The number of hydrogen-bond acceptors (Lipinski definition) is 4. The standard InChI is InChI=1S/C17H32N2O2/c1-16(2)6-3-4-14(16)15(19-18)13-5-9-21-17(12-13)7-10-20-11-8-17/h13-15,19H,3-12,18H2,1-2H3. The van der Waals surface area contributed by atoms with Crippen molar-refractivity contribution < 1.29 is 9.47 Å². The Morgan fingerprint density at radius 1 is 1.10 bits per heavy atom. The van der Waals surface area contributed by atoms with Crippen molar-refractivity contribution in [3.05, 3.63) is 0 Å². The first kappa shape index (κ1) is 15.7. The molecule has 1 saturated carbocycles. The molecule has 0 bridgehead atoms. The van der Waals surface area contributed by atoms with Crippen LogP contribution in [0.5, 0.6) is 0 Å². The lowest BCUT2D eigenvalue weighted by atomic mass is 9.69. The molecule has 1 aliphatic carbocycles. The number of nitrogens with one attached hydrogen (secondary N) is 1. The van der Waals surface area contributed by atoms with Crippen molar-refractivity contribution in [1.82, 2.24) is 5.43 Å². The summed E-state index contributed by atoms with van der Waals surface area (Å²) in [6.07, 6.45) is 8.39. The van der Waals surface area contributed by atoms with Crippen LogP contribution in [-0.2, 0) is 9.47 Å². The number of hydrazine groups is 1. The molecule has 2 aliphatic heterocycles. The number of nitrogens with two attached hydrogens (primary N) is 1. The van der Waals surface area contributed by atoms with Gasteiger partial charge in [-0.3, -0.25) is 11.3 Å². The second-order valence-electron chi connectivity index (χ2n) is 8.08. The largest absolute Gasteiger partial charge is 0.381 e. The van der Waals surface area contributed by atoms with Crippen LogP contribution >= 0.6 is 0 Å². The lowest BCUT2D eigenvalue weighted by molar-refractivity contribution is -0.153. The van der Waals surface area contributed by atoms with Gasteiger partial charge in [0.25, 0.3) is 0 Å². The van der Waals surface area contributed by atoms with E-state index >= 15 is 0 Å². The van der Waals surface area contributed by atoms with Gasteiger partial charge >= 0.3 is 0 Å². The Bertz CT molecular complexity index is 347. The highest BCUT2D eigenvalue weighted by Crippen LogP contribution is 2.48. The van der Waals surface area contributed by atoms with Crippen LogP contribution in [0.1, 0.15) is 58.8 Å². The highest BCUT2D eigenvalue weighted by atomic mass is 16.5. The Labute approximate surface area is 129 Å². The Morgan fingerprint density at radius 3 is 2.48 bits per heavy atom. The molecule has 0 radical (unpaired) electrons. The zero-order chi connectivity index (χ0) is 14.9. The summed E-state index contributed by atoms with van der Waals surface area (Å²) in [7, 11) is 0. The van der Waals surface area contributed by atoms with E-state index in [1.807, 2.05) is 0 Å². The van der Waals surface area contributed by atoms with Crippen molar-refractivity contribution in [2.24, 2.45) is 23.1 Å². The third kappa shape index (κ3) is 3.14. The predicted molar refractivity (Wildman–Crippen MR) is 83.7 cm³/mol. The average Bonchev–Trinajstić information content (AvgIpc) is 2.81. The van der Waals surface area contributed by atoms with Crippen LogP contribution in [0.25, 0.3) is 0 Å². The summed E-state index contributed by atoms with van der Waals surface area (Å²) in [5.74, 6) is 7.35. The summed E-state index contributed by atoms with van der Waals surface area (Å²) in [5, 5.41) is 0. The van der Waals surface area contributed by atoms with Crippen LogP contribution in [-0.4, -0.2) is 31.5 Å². The number of ether oxygens (including phenoxy) is 2. The van der Waals surface area contributed by atoms with E-state index in [4.69, 9.17) is 15.3 Å². The molecule has 21 heavy (non-hydrogen) atoms. The van der Waals surface area contributed by atoms with Crippen molar-refractivity contribution in [1.29, 1.82) is 0 Å². The molecular formula is C17H32N2O2. The Kier molecular flexibility index (Phi) is 4.60. The topological polar surface area (TPSA) is 56.5 Å². The summed E-state index contributed by atoms with van der Waals surface area (Å²) < 4.78 is 11.7. The minimum atomic E-state index is 0.0685. The van der Waals surface area contributed by atoms with Crippen LogP contribution in [0.4, 0.5) is 0 Å². The molecule has 3 aliphatic rings. The monoisotopic (exact) mass is 296 g/mol. The van der Waals surface area contributed by atoms with E-state index in [2.05, 4.69) is 19.3 Å². The first-order chi connectivity index (χ1) is 10.1. The molecule has 2 heterocycles. The first-order valence-corrected chi connectivity index (χ1v) is 8.74. The van der Waals surface area contributed by atoms with Gasteiger partial charge in [-0.25, -0.2) is 0 Å². The molecule has 3 rings (SSSR count). The normalized spacial score (nSPS) is 36.7. The molecule has 4 nitrogen and oxygen atoms in total. The van der Waals surface area contributed by atoms with Gasteiger partial charge in [-0.1, -0.05) is 20.3 Å². The number of hydrogen-bond donors (Lipinski definition) is 2. The van der Waals surface area contributed by atoms with E-state index in [0.29, 0.717) is 23.3 Å². The predicted octanol–water partition coefficient (Wildman–Crippen LogP) is 2.62. The van der Waals surface area contributed by atoms with Crippen molar-refractivity contribution >= 4 is 0 Å². The van der Waals surface area contributed by atoms with E-state index in [0.717, 1.165) is 45.5 Å². The summed E-state index contributed by atoms with van der Waals surface area (Å²) in [6.45, 7) is 7.41. The average molecular weight is 296 g/mol. The Balaban J connectivity index is 1.71. The second kappa shape index (κ2) is 6.15. The smallest absolute Gasteiger partial charge is 0.0729 e. The molecule has 0 aromatic heterocycles. The maximum absolute atomic E-state index is 6.20. The quantitative estimate of drug-likeness (QED) is 0.621. The highest BCUT2D eigenvalue weighted by molar-refractivity contribution is 4.98. The third-order valence-corrected chi connectivity index (χ3v) is 6.41. The summed E-state index contributed by atoms with van der Waals surface area (Å²) in [5.41, 5.74) is 3.69. The zero-order valence-electron chi connectivity index (χ0n) is 13.7. The van der Waals surface area contributed by atoms with Crippen molar-refractivity contribution in [3.63, 3.8) is 0 Å². The van der Waals surface area contributed by atoms with Gasteiger partial charge < -0.3 is 9.47 Å². The molecule has 3 atom stereocenters. The summed E-state index contributed by atoms with van der Waals surface area (Å²) in [6, 6.07) is 0.436. The van der Waals surface area contributed by atoms with E-state index in [-0.39, 0.29) is 5.60 Å². The Hall–Kier alpha value is -0.160. The van der Waals surface area contributed by atoms with Crippen molar-refractivity contribution in [3.8, 4) is 0 Å². The fourth-order valence-electron chi connectivity index (χ4n) is 5.06. The molecule has 1 spiro atoms. The summed E-state index contributed by atoms with van der Waals surface area (Å²) in [4.78, 5) is 0. The molecule has 0 aromatic rings. The maximum atomic E-state index is 6.20. The van der Waals surface area contributed by atoms with Gasteiger partial charge in [0.15, 0.2) is 0 Å². The van der Waals surface area contributed by atoms with Crippen LogP contribution in [0.3, 0.4) is 0 Å². The number of rotatable bonds is 3. The van der Waals surface area contributed by atoms with Crippen molar-refractivity contribution in [2.45, 2.75) is 70.4 Å². The van der Waals surface area contributed by atoms with Crippen LogP contribution < -0.4 is 11.3 Å². The molecular weight excluding hydrogens is 264 g/mol. The van der Waals surface area contributed by atoms with Crippen molar-refractivity contribution in [2.75, 3.05) is 19.8 Å². The van der Waals surface area contributed by atoms with E-state index in [9.17, 15) is 0 Å². The zero-order valence-corrected chi connectivity index (χ0v) is 13.7. The maximum Gasteiger partial charge on any atom is 0.0729 e. The molecule has 3 unspecified atom stereocenters. The molecule has 2 saturated heterocycles. The minimum absolute atomic E-state index is 0.0685. The highest BCUT2D eigenvalue weighted by Gasteiger charge is 2.46. The SMILES string of the molecule is CC1(C)CCCC1C(NN)C1CCOC2(CCOCC2)C1. The third-order valence-electron chi connectivity index (χ3n) is 6.41. The van der Waals surface area contributed by atoms with E-state index in [1.165, 1.54) is 19.3 Å². The van der Waals surface area contributed by atoms with Crippen LogP contribution in [0.15, 0.2) is 0 Å². The Morgan fingerprint density at radius 2 is 1.86 bits per heavy atom. The molecule has 4 heteroatoms.